The first-order valence-electron chi connectivity index (χ1n) is 8.56. The lowest BCUT2D eigenvalue weighted by molar-refractivity contribution is -0.122. The summed E-state index contributed by atoms with van der Waals surface area (Å²) in [6, 6.07) is 20.2. The van der Waals surface area contributed by atoms with Gasteiger partial charge in [-0.05, 0) is 18.1 Å². The van der Waals surface area contributed by atoms with Crippen molar-refractivity contribution in [3.63, 3.8) is 0 Å². The van der Waals surface area contributed by atoms with E-state index in [4.69, 9.17) is 12.2 Å². The second-order valence-electron chi connectivity index (χ2n) is 6.31. The Kier molecular flexibility index (Phi) is 5.12. The molecule has 3 nitrogen and oxygen atoms in total. The predicted molar refractivity (Wildman–Crippen MR) is 119 cm³/mol. The highest BCUT2D eigenvalue weighted by Crippen LogP contribution is 2.49. The van der Waals surface area contributed by atoms with Gasteiger partial charge in [-0.25, -0.2) is 0 Å². The summed E-state index contributed by atoms with van der Waals surface area (Å²) in [7, 11) is 2.02. The molecule has 2 aliphatic rings. The minimum absolute atomic E-state index is 0.00897. The van der Waals surface area contributed by atoms with E-state index in [-0.39, 0.29) is 5.91 Å². The molecule has 1 saturated heterocycles. The fraction of sp³-hybridized carbons (Fsp3) is 0.143. The molecule has 1 amide bonds. The quantitative estimate of drug-likeness (QED) is 0.506. The van der Waals surface area contributed by atoms with Gasteiger partial charge < -0.3 is 4.90 Å². The largest absolute Gasteiger partial charge is 0.337 e. The van der Waals surface area contributed by atoms with E-state index < -0.39 is 0 Å². The maximum Gasteiger partial charge on any atom is 0.269 e. The van der Waals surface area contributed by atoms with Gasteiger partial charge in [0, 0.05) is 12.0 Å². The van der Waals surface area contributed by atoms with Crippen LogP contribution in [0.25, 0.3) is 5.70 Å². The molecule has 0 aliphatic carbocycles. The zero-order chi connectivity index (χ0) is 19.0. The molecule has 1 fully saturated rings. The summed E-state index contributed by atoms with van der Waals surface area (Å²) in [5.74, 6) is -0.00897. The van der Waals surface area contributed by atoms with Crippen LogP contribution >= 0.6 is 35.7 Å². The number of amides is 1. The lowest BCUT2D eigenvalue weighted by Gasteiger charge is -2.19. The van der Waals surface area contributed by atoms with Crippen molar-refractivity contribution in [2.45, 2.75) is 13.5 Å². The topological polar surface area (TPSA) is 23.6 Å². The van der Waals surface area contributed by atoms with Crippen molar-refractivity contribution in [2.24, 2.45) is 0 Å². The number of carbonyl (C=O) groups excluding carboxylic acids is 1. The van der Waals surface area contributed by atoms with Crippen molar-refractivity contribution in [1.29, 1.82) is 0 Å². The molecule has 0 spiro atoms. The van der Waals surface area contributed by atoms with Gasteiger partial charge in [-0.2, -0.15) is 0 Å². The van der Waals surface area contributed by atoms with E-state index >= 15 is 0 Å². The van der Waals surface area contributed by atoms with Crippen LogP contribution in [0, 0.1) is 0 Å². The van der Waals surface area contributed by atoms with Gasteiger partial charge in [0.15, 0.2) is 0 Å². The summed E-state index contributed by atoms with van der Waals surface area (Å²) in [5, 5.41) is 0.958. The molecule has 2 aromatic rings. The van der Waals surface area contributed by atoms with Gasteiger partial charge in [0.2, 0.25) is 0 Å². The van der Waals surface area contributed by atoms with E-state index in [1.165, 1.54) is 16.7 Å². The summed E-state index contributed by atoms with van der Waals surface area (Å²) in [6.07, 6.45) is 0. The number of hydrogen-bond donors (Lipinski definition) is 0. The molecule has 2 aliphatic heterocycles. The number of thiocarbonyl (C=S) groups is 1. The molecule has 0 aromatic heterocycles. The van der Waals surface area contributed by atoms with Gasteiger partial charge in [-0.1, -0.05) is 96.4 Å². The normalized spacial score (nSPS) is 20.2. The van der Waals surface area contributed by atoms with E-state index in [1.54, 1.807) is 16.7 Å². The van der Waals surface area contributed by atoms with E-state index in [0.29, 0.717) is 15.8 Å². The van der Waals surface area contributed by atoms with Crippen molar-refractivity contribution in [2.75, 3.05) is 7.05 Å². The van der Waals surface area contributed by atoms with Crippen molar-refractivity contribution < 1.29 is 4.79 Å². The average molecular weight is 411 g/mol. The monoisotopic (exact) mass is 410 g/mol. The number of benzene rings is 2. The van der Waals surface area contributed by atoms with Crippen LogP contribution in [0.5, 0.6) is 0 Å². The highest BCUT2D eigenvalue weighted by molar-refractivity contribution is 8.27. The van der Waals surface area contributed by atoms with E-state index in [0.717, 1.165) is 21.9 Å². The first-order valence-corrected chi connectivity index (χ1v) is 10.6. The molecule has 136 valence electrons. The fourth-order valence-corrected chi connectivity index (χ4v) is 5.77. The van der Waals surface area contributed by atoms with Gasteiger partial charge in [-0.3, -0.25) is 9.69 Å². The van der Waals surface area contributed by atoms with Gasteiger partial charge in [-0.15, -0.1) is 0 Å². The number of hydrogen-bond acceptors (Lipinski definition) is 5. The Morgan fingerprint density at radius 1 is 0.963 bits per heavy atom. The first kappa shape index (κ1) is 18.3. The Hall–Kier alpha value is -2.02. The van der Waals surface area contributed by atoms with Gasteiger partial charge in [0.25, 0.3) is 5.91 Å². The lowest BCUT2D eigenvalue weighted by Crippen LogP contribution is -2.28. The SMILES string of the molecule is CC1=C(c2ccccc2)N(C)/C(=C2/SC(=S)N(Cc3ccccc3)C2=O)S1. The third-order valence-corrected chi connectivity index (χ3v) is 7.23. The Bertz CT molecular complexity index is 967. The number of nitrogens with zero attached hydrogens (tertiary/aromatic N) is 2. The predicted octanol–water partition coefficient (Wildman–Crippen LogP) is 5.28. The average Bonchev–Trinajstić information content (AvgIpc) is 3.13. The Labute approximate surface area is 173 Å². The van der Waals surface area contributed by atoms with Crippen LogP contribution in [0.1, 0.15) is 18.1 Å². The van der Waals surface area contributed by atoms with Crippen molar-refractivity contribution in [1.82, 2.24) is 9.80 Å². The highest BCUT2D eigenvalue weighted by atomic mass is 32.2. The van der Waals surface area contributed by atoms with Crippen molar-refractivity contribution >= 4 is 51.7 Å². The molecule has 2 aromatic carbocycles. The van der Waals surface area contributed by atoms with Gasteiger partial charge >= 0.3 is 0 Å². The fourth-order valence-electron chi connectivity index (χ4n) is 3.22. The molecule has 0 atom stereocenters. The summed E-state index contributed by atoms with van der Waals surface area (Å²) in [6.45, 7) is 2.61. The number of rotatable bonds is 3. The first-order chi connectivity index (χ1) is 13.1. The smallest absolute Gasteiger partial charge is 0.269 e. The van der Waals surface area contributed by atoms with Gasteiger partial charge in [0.1, 0.15) is 9.23 Å². The standard InChI is InChI=1S/C21H18N2OS3/c1-14-17(16-11-7-4-8-12-16)22(2)20(26-14)18-19(24)23(21(25)27-18)13-15-9-5-3-6-10-15/h3-12H,13H2,1-2H3/b20-18-. The van der Waals surface area contributed by atoms with Crippen molar-refractivity contribution in [3.05, 3.63) is 86.6 Å². The van der Waals surface area contributed by atoms with Gasteiger partial charge in [0.05, 0.1) is 17.3 Å². The number of carbonyl (C=O) groups is 1. The molecule has 0 N–H and O–H groups in total. The highest BCUT2D eigenvalue weighted by Gasteiger charge is 2.38. The summed E-state index contributed by atoms with van der Waals surface area (Å²) < 4.78 is 0.617. The zero-order valence-electron chi connectivity index (χ0n) is 15.0. The number of allylic oxidation sites excluding steroid dienone is 1. The van der Waals surface area contributed by atoms with Crippen LogP contribution in [-0.2, 0) is 11.3 Å². The number of thioether (sulfide) groups is 2. The molecule has 2 heterocycles. The minimum atomic E-state index is -0.00897. The second-order valence-corrected chi connectivity index (χ2v) is 9.16. The molecule has 4 rings (SSSR count). The van der Waals surface area contributed by atoms with Crippen LogP contribution in [-0.4, -0.2) is 27.1 Å². The Morgan fingerprint density at radius 3 is 2.26 bits per heavy atom. The molecule has 27 heavy (non-hydrogen) atoms. The summed E-state index contributed by atoms with van der Waals surface area (Å²) >= 11 is 8.56. The minimum Gasteiger partial charge on any atom is -0.337 e. The molecule has 0 saturated carbocycles. The molecule has 6 heteroatoms. The Balaban J connectivity index is 1.63. The van der Waals surface area contributed by atoms with Crippen LogP contribution in [0.4, 0.5) is 0 Å². The van der Waals surface area contributed by atoms with Crippen LogP contribution < -0.4 is 0 Å². The lowest BCUT2D eigenvalue weighted by atomic mass is 10.1. The molecular formula is C21H18N2OS3. The van der Waals surface area contributed by atoms with E-state index in [1.807, 2.05) is 55.6 Å². The van der Waals surface area contributed by atoms with E-state index in [9.17, 15) is 4.79 Å². The second kappa shape index (κ2) is 7.54. The third-order valence-electron chi connectivity index (χ3n) is 4.50. The van der Waals surface area contributed by atoms with Crippen LogP contribution in [0.2, 0.25) is 0 Å². The van der Waals surface area contributed by atoms with Crippen molar-refractivity contribution in [3.8, 4) is 0 Å². The third kappa shape index (κ3) is 3.45. The maximum atomic E-state index is 13.1. The Morgan fingerprint density at radius 2 is 1.59 bits per heavy atom. The maximum absolute atomic E-state index is 13.1. The molecule has 0 unspecified atom stereocenters. The molecule has 0 radical (unpaired) electrons. The van der Waals surface area contributed by atoms with E-state index in [2.05, 4.69) is 24.0 Å². The molecule has 0 bridgehead atoms. The summed E-state index contributed by atoms with van der Waals surface area (Å²) in [4.78, 5) is 18.8. The van der Waals surface area contributed by atoms with Crippen LogP contribution in [0.15, 0.2) is 75.5 Å². The summed E-state index contributed by atoms with van der Waals surface area (Å²) in [5.41, 5.74) is 3.37. The molecular weight excluding hydrogens is 392 g/mol. The van der Waals surface area contributed by atoms with Crippen LogP contribution in [0.3, 0.4) is 0 Å². The zero-order valence-corrected chi connectivity index (χ0v) is 17.5.